The molecule has 1 aromatic heterocycles. The number of thiazole rings is 1. The van der Waals surface area contributed by atoms with Crippen LogP contribution in [0.1, 0.15) is 58.4 Å². The molecule has 4 rings (SSSR count). The normalized spacial score (nSPS) is 15.6. The van der Waals surface area contributed by atoms with Gasteiger partial charge in [0.25, 0.3) is 10.0 Å². The fourth-order valence-corrected chi connectivity index (χ4v) is 5.86. The molecule has 0 saturated heterocycles. The Morgan fingerprint density at radius 2 is 1.72 bits per heavy atom. The van der Waals surface area contributed by atoms with Gasteiger partial charge in [-0.15, -0.1) is 0 Å². The molecule has 0 spiro atoms. The van der Waals surface area contributed by atoms with E-state index in [1.165, 1.54) is 17.8 Å². The standard InChI is InChI=1S/C24H29N3O3S2/c1-24(2,3)17-9-12-19(13-10-17)32(29,30)27-18-11-14-21-20(15-18)25-23(31-21)26-22(28)16-7-5-4-6-8-16/h9-16,27H,4-8H2,1-3H3,(H,25,26,28). The summed E-state index contributed by atoms with van der Waals surface area (Å²) < 4.78 is 29.2. The average molecular weight is 472 g/mol. The number of hydrogen-bond donors (Lipinski definition) is 2. The van der Waals surface area contributed by atoms with Gasteiger partial charge in [0.2, 0.25) is 5.91 Å². The van der Waals surface area contributed by atoms with Crippen LogP contribution in [0.2, 0.25) is 0 Å². The summed E-state index contributed by atoms with van der Waals surface area (Å²) in [5, 5.41) is 3.49. The van der Waals surface area contributed by atoms with Crippen LogP contribution in [0.3, 0.4) is 0 Å². The number of aromatic nitrogens is 1. The molecule has 3 aromatic rings. The molecule has 6 nitrogen and oxygen atoms in total. The lowest BCUT2D eigenvalue weighted by atomic mass is 9.87. The molecular formula is C24H29N3O3S2. The molecule has 1 aliphatic rings. The zero-order chi connectivity index (χ0) is 22.9. The van der Waals surface area contributed by atoms with E-state index in [2.05, 4.69) is 35.8 Å². The molecule has 8 heteroatoms. The van der Waals surface area contributed by atoms with Crippen molar-refractivity contribution in [2.75, 3.05) is 10.0 Å². The molecule has 2 aromatic carbocycles. The minimum absolute atomic E-state index is 0.0309. The number of rotatable bonds is 5. The van der Waals surface area contributed by atoms with E-state index in [9.17, 15) is 13.2 Å². The number of hydrogen-bond acceptors (Lipinski definition) is 5. The van der Waals surface area contributed by atoms with Crippen LogP contribution in [0.25, 0.3) is 10.2 Å². The monoisotopic (exact) mass is 471 g/mol. The fourth-order valence-electron chi connectivity index (χ4n) is 3.96. The molecule has 0 radical (unpaired) electrons. The van der Waals surface area contributed by atoms with Crippen LogP contribution in [0.15, 0.2) is 47.4 Å². The number of anilines is 2. The van der Waals surface area contributed by atoms with Crippen LogP contribution in [0.5, 0.6) is 0 Å². The van der Waals surface area contributed by atoms with Crippen molar-refractivity contribution in [3.05, 3.63) is 48.0 Å². The summed E-state index contributed by atoms with van der Waals surface area (Å²) >= 11 is 1.40. The van der Waals surface area contributed by atoms with Crippen LogP contribution < -0.4 is 10.0 Å². The Hall–Kier alpha value is -2.45. The molecule has 1 amide bonds. The van der Waals surface area contributed by atoms with Crippen molar-refractivity contribution in [2.24, 2.45) is 5.92 Å². The first kappa shape index (κ1) is 22.7. The molecule has 0 unspecified atom stereocenters. The van der Waals surface area contributed by atoms with Crippen molar-refractivity contribution in [2.45, 2.75) is 63.2 Å². The van der Waals surface area contributed by atoms with Gasteiger partial charge in [0.1, 0.15) is 0 Å². The van der Waals surface area contributed by atoms with Crippen LogP contribution in [0, 0.1) is 5.92 Å². The molecule has 1 aliphatic carbocycles. The molecule has 1 heterocycles. The van der Waals surface area contributed by atoms with Crippen molar-refractivity contribution in [1.82, 2.24) is 4.98 Å². The third kappa shape index (κ3) is 5.13. The largest absolute Gasteiger partial charge is 0.302 e. The van der Waals surface area contributed by atoms with Crippen LogP contribution in [-0.4, -0.2) is 19.3 Å². The Kier molecular flexibility index (Phi) is 6.27. The summed E-state index contributed by atoms with van der Waals surface area (Å²) in [5.74, 6) is 0.0891. The molecule has 1 fully saturated rings. The predicted octanol–water partition coefficient (Wildman–Crippen LogP) is 5.91. The van der Waals surface area contributed by atoms with Gasteiger partial charge in [-0.05, 0) is 54.2 Å². The highest BCUT2D eigenvalue weighted by Crippen LogP contribution is 2.31. The Morgan fingerprint density at radius 1 is 1.03 bits per heavy atom. The Balaban J connectivity index is 1.49. The van der Waals surface area contributed by atoms with E-state index >= 15 is 0 Å². The smallest absolute Gasteiger partial charge is 0.261 e. The minimum Gasteiger partial charge on any atom is -0.302 e. The van der Waals surface area contributed by atoms with E-state index in [-0.39, 0.29) is 22.1 Å². The summed E-state index contributed by atoms with van der Waals surface area (Å²) in [6.45, 7) is 6.26. The summed E-state index contributed by atoms with van der Waals surface area (Å²) in [5.41, 5.74) is 2.11. The SMILES string of the molecule is CC(C)(C)c1ccc(S(=O)(=O)Nc2ccc3sc(NC(=O)C4CCCCC4)nc3c2)cc1. The van der Waals surface area contributed by atoms with Gasteiger partial charge in [-0.1, -0.05) is 63.5 Å². The quantitative estimate of drug-likeness (QED) is 0.484. The highest BCUT2D eigenvalue weighted by atomic mass is 32.2. The van der Waals surface area contributed by atoms with E-state index in [0.29, 0.717) is 16.3 Å². The van der Waals surface area contributed by atoms with E-state index in [1.807, 2.05) is 18.2 Å². The number of nitrogens with zero attached hydrogens (tertiary/aromatic N) is 1. The number of sulfonamides is 1. The molecule has 0 aliphatic heterocycles. The minimum atomic E-state index is -3.72. The third-order valence-corrected chi connectivity index (χ3v) is 8.23. The summed E-state index contributed by atoms with van der Waals surface area (Å²) in [4.78, 5) is 17.2. The van der Waals surface area contributed by atoms with Gasteiger partial charge in [-0.2, -0.15) is 0 Å². The van der Waals surface area contributed by atoms with E-state index in [1.54, 1.807) is 24.3 Å². The lowest BCUT2D eigenvalue weighted by Crippen LogP contribution is -2.24. The van der Waals surface area contributed by atoms with E-state index in [0.717, 1.165) is 35.9 Å². The fraction of sp³-hybridized carbons (Fsp3) is 0.417. The van der Waals surface area contributed by atoms with Crippen molar-refractivity contribution < 1.29 is 13.2 Å². The second-order valence-electron chi connectivity index (χ2n) is 9.41. The zero-order valence-corrected chi connectivity index (χ0v) is 20.3. The highest BCUT2D eigenvalue weighted by Gasteiger charge is 2.22. The highest BCUT2D eigenvalue weighted by molar-refractivity contribution is 7.92. The third-order valence-electron chi connectivity index (χ3n) is 5.88. The lowest BCUT2D eigenvalue weighted by molar-refractivity contribution is -0.120. The van der Waals surface area contributed by atoms with Gasteiger partial charge >= 0.3 is 0 Å². The number of benzene rings is 2. The van der Waals surface area contributed by atoms with Crippen molar-refractivity contribution in [1.29, 1.82) is 0 Å². The topological polar surface area (TPSA) is 88.2 Å². The lowest BCUT2D eigenvalue weighted by Gasteiger charge is -2.19. The second-order valence-corrected chi connectivity index (χ2v) is 12.1. The number of carbonyl (C=O) groups excluding carboxylic acids is 1. The average Bonchev–Trinajstić information content (AvgIpc) is 3.15. The number of nitrogens with one attached hydrogen (secondary N) is 2. The van der Waals surface area contributed by atoms with Gasteiger partial charge in [-0.25, -0.2) is 13.4 Å². The maximum atomic E-state index is 12.8. The van der Waals surface area contributed by atoms with Gasteiger partial charge < -0.3 is 5.32 Å². The van der Waals surface area contributed by atoms with Gasteiger partial charge in [0, 0.05) is 5.92 Å². The first-order chi connectivity index (χ1) is 15.1. The van der Waals surface area contributed by atoms with Gasteiger partial charge in [-0.3, -0.25) is 9.52 Å². The molecule has 0 atom stereocenters. The first-order valence-electron chi connectivity index (χ1n) is 11.0. The van der Waals surface area contributed by atoms with E-state index in [4.69, 9.17) is 0 Å². The molecule has 32 heavy (non-hydrogen) atoms. The molecular weight excluding hydrogens is 442 g/mol. The summed E-state index contributed by atoms with van der Waals surface area (Å²) in [6.07, 6.45) is 5.25. The molecule has 0 bridgehead atoms. The maximum absolute atomic E-state index is 12.8. The molecule has 2 N–H and O–H groups in total. The van der Waals surface area contributed by atoms with Crippen LogP contribution in [0.4, 0.5) is 10.8 Å². The summed E-state index contributed by atoms with van der Waals surface area (Å²) in [7, 11) is -3.72. The Labute approximate surface area is 193 Å². The first-order valence-corrected chi connectivity index (χ1v) is 13.3. The predicted molar refractivity (Wildman–Crippen MR) is 131 cm³/mol. The number of fused-ring (bicyclic) bond motifs is 1. The van der Waals surface area contributed by atoms with Crippen molar-refractivity contribution in [3.63, 3.8) is 0 Å². The van der Waals surface area contributed by atoms with Crippen molar-refractivity contribution in [3.8, 4) is 0 Å². The number of carbonyl (C=O) groups is 1. The van der Waals surface area contributed by atoms with Crippen LogP contribution in [-0.2, 0) is 20.2 Å². The number of amides is 1. The maximum Gasteiger partial charge on any atom is 0.261 e. The zero-order valence-electron chi connectivity index (χ0n) is 18.6. The molecule has 170 valence electrons. The Morgan fingerprint density at radius 3 is 2.38 bits per heavy atom. The van der Waals surface area contributed by atoms with Gasteiger partial charge in [0.05, 0.1) is 20.8 Å². The van der Waals surface area contributed by atoms with Crippen molar-refractivity contribution >= 4 is 48.3 Å². The van der Waals surface area contributed by atoms with E-state index < -0.39 is 10.0 Å². The second kappa shape index (κ2) is 8.83. The summed E-state index contributed by atoms with van der Waals surface area (Å²) in [6, 6.07) is 12.2. The van der Waals surface area contributed by atoms with Crippen LogP contribution >= 0.6 is 11.3 Å². The molecule has 1 saturated carbocycles. The van der Waals surface area contributed by atoms with Gasteiger partial charge in [0.15, 0.2) is 5.13 Å². The Bertz CT molecular complexity index is 1220.